The van der Waals surface area contributed by atoms with E-state index in [4.69, 9.17) is 5.11 Å². The van der Waals surface area contributed by atoms with E-state index in [1.807, 2.05) is 6.07 Å². The third kappa shape index (κ3) is 4.10. The molecule has 0 aromatic heterocycles. The van der Waals surface area contributed by atoms with E-state index in [1.54, 1.807) is 0 Å². The van der Waals surface area contributed by atoms with Crippen LogP contribution in [0.3, 0.4) is 0 Å². The van der Waals surface area contributed by atoms with Crippen LogP contribution >= 0.6 is 0 Å². The zero-order chi connectivity index (χ0) is 18.7. The summed E-state index contributed by atoms with van der Waals surface area (Å²) in [5.74, 6) is 0. The molecule has 2 nitrogen and oxygen atoms in total. The lowest BCUT2D eigenvalue weighted by Crippen LogP contribution is -2.29. The molecule has 0 saturated carbocycles. The molecule has 0 bridgehead atoms. The molecule has 26 heavy (non-hydrogen) atoms. The van der Waals surface area contributed by atoms with E-state index >= 15 is 0 Å². The van der Waals surface area contributed by atoms with E-state index in [0.717, 1.165) is 55.5 Å². The van der Waals surface area contributed by atoms with E-state index in [-0.39, 0.29) is 6.61 Å². The van der Waals surface area contributed by atoms with E-state index in [1.165, 1.54) is 23.3 Å². The Balaban J connectivity index is 1.89. The molecule has 0 fully saturated rings. The Bertz CT molecular complexity index is 740. The van der Waals surface area contributed by atoms with Crippen molar-refractivity contribution < 1.29 is 18.3 Å². The lowest BCUT2D eigenvalue weighted by Gasteiger charge is -2.33. The highest BCUT2D eigenvalue weighted by Gasteiger charge is 2.30. The van der Waals surface area contributed by atoms with Gasteiger partial charge in [-0.3, -0.25) is 4.90 Å². The average Bonchev–Trinajstić information content (AvgIpc) is 2.64. The predicted octanol–water partition coefficient (Wildman–Crippen LogP) is 5.06. The monoisotopic (exact) mass is 363 g/mol. The van der Waals surface area contributed by atoms with E-state index < -0.39 is 11.7 Å². The summed E-state index contributed by atoms with van der Waals surface area (Å²) in [4.78, 5) is 2.27. The highest BCUT2D eigenvalue weighted by atomic mass is 19.4. The quantitative estimate of drug-likeness (QED) is 0.802. The Labute approximate surface area is 152 Å². The minimum absolute atomic E-state index is 0.176. The standard InChI is InChI=1S/C21H24F3NO/c1-25(12-3-13-26)20-5-2-4-16-6-7-17(14-19(16)20)15-8-10-18(11-9-15)21(22,23)24/h6-11,14,20,26H,2-5,12-13H2,1H3. The summed E-state index contributed by atoms with van der Waals surface area (Å²) in [6, 6.07) is 11.9. The van der Waals surface area contributed by atoms with Crippen molar-refractivity contribution >= 4 is 0 Å². The van der Waals surface area contributed by atoms with Gasteiger partial charge < -0.3 is 5.11 Å². The average molecular weight is 363 g/mol. The van der Waals surface area contributed by atoms with Crippen molar-refractivity contribution in [3.63, 3.8) is 0 Å². The molecule has 0 amide bonds. The molecule has 0 heterocycles. The summed E-state index contributed by atoms with van der Waals surface area (Å²) in [6.45, 7) is 1.00. The van der Waals surface area contributed by atoms with Crippen LogP contribution in [0.2, 0.25) is 0 Å². The summed E-state index contributed by atoms with van der Waals surface area (Å²) in [5, 5.41) is 9.07. The largest absolute Gasteiger partial charge is 0.416 e. The predicted molar refractivity (Wildman–Crippen MR) is 96.9 cm³/mol. The van der Waals surface area contributed by atoms with Crippen LogP contribution in [0, 0.1) is 0 Å². The molecule has 3 rings (SSSR count). The molecule has 5 heteroatoms. The van der Waals surface area contributed by atoms with Gasteiger partial charge in [-0.15, -0.1) is 0 Å². The second-order valence-electron chi connectivity index (χ2n) is 6.95. The number of benzene rings is 2. The lowest BCUT2D eigenvalue weighted by atomic mass is 9.85. The first-order valence-corrected chi connectivity index (χ1v) is 9.01. The number of aliphatic hydroxyl groups is 1. The molecule has 2 aromatic carbocycles. The zero-order valence-corrected chi connectivity index (χ0v) is 14.9. The molecule has 1 atom stereocenters. The molecule has 0 aliphatic heterocycles. The molecule has 1 unspecified atom stereocenters. The van der Waals surface area contributed by atoms with Crippen molar-refractivity contribution in [2.75, 3.05) is 20.2 Å². The minimum atomic E-state index is -4.31. The maximum atomic E-state index is 12.8. The topological polar surface area (TPSA) is 23.5 Å². The fourth-order valence-corrected chi connectivity index (χ4v) is 3.74. The van der Waals surface area contributed by atoms with Crippen LogP contribution in [0.1, 0.15) is 42.0 Å². The second kappa shape index (κ2) is 7.80. The molecule has 1 N–H and O–H groups in total. The molecule has 0 saturated heterocycles. The molecular weight excluding hydrogens is 339 g/mol. The summed E-state index contributed by atoms with van der Waals surface area (Å²) in [6.07, 6.45) is -0.352. The first-order valence-electron chi connectivity index (χ1n) is 9.01. The van der Waals surface area contributed by atoms with Gasteiger partial charge >= 0.3 is 6.18 Å². The Morgan fingerprint density at radius 1 is 1.08 bits per heavy atom. The van der Waals surface area contributed by atoms with Crippen LogP contribution in [-0.4, -0.2) is 30.2 Å². The summed E-state index contributed by atoms with van der Waals surface area (Å²) >= 11 is 0. The van der Waals surface area contributed by atoms with Gasteiger partial charge in [-0.05, 0) is 73.2 Å². The van der Waals surface area contributed by atoms with Crippen LogP contribution in [-0.2, 0) is 12.6 Å². The van der Waals surface area contributed by atoms with E-state index in [0.29, 0.717) is 6.04 Å². The highest BCUT2D eigenvalue weighted by molar-refractivity contribution is 5.65. The number of halogens is 3. The zero-order valence-electron chi connectivity index (χ0n) is 14.9. The Hall–Kier alpha value is -1.85. The summed E-state index contributed by atoms with van der Waals surface area (Å²) < 4.78 is 38.3. The minimum Gasteiger partial charge on any atom is -0.396 e. The van der Waals surface area contributed by atoms with Crippen LogP contribution in [0.25, 0.3) is 11.1 Å². The van der Waals surface area contributed by atoms with Gasteiger partial charge in [0.25, 0.3) is 0 Å². The van der Waals surface area contributed by atoms with Gasteiger partial charge in [0.05, 0.1) is 5.56 Å². The smallest absolute Gasteiger partial charge is 0.396 e. The highest BCUT2D eigenvalue weighted by Crippen LogP contribution is 2.37. The molecule has 0 spiro atoms. The maximum absolute atomic E-state index is 12.8. The third-order valence-electron chi connectivity index (χ3n) is 5.18. The van der Waals surface area contributed by atoms with Crippen LogP contribution in [0.4, 0.5) is 13.2 Å². The molecule has 1 aliphatic carbocycles. The number of nitrogens with zero attached hydrogens (tertiary/aromatic N) is 1. The van der Waals surface area contributed by atoms with Gasteiger partial charge in [-0.25, -0.2) is 0 Å². The normalized spacial score (nSPS) is 17.4. The fraction of sp³-hybridized carbons (Fsp3) is 0.429. The SMILES string of the molecule is CN(CCCO)C1CCCc2ccc(-c3ccc(C(F)(F)F)cc3)cc21. The third-order valence-corrected chi connectivity index (χ3v) is 5.18. The number of aliphatic hydroxyl groups excluding tert-OH is 1. The number of alkyl halides is 3. The van der Waals surface area contributed by atoms with Crippen molar-refractivity contribution in [1.82, 2.24) is 4.90 Å². The first kappa shape index (κ1) is 18.9. The number of hydrogen-bond acceptors (Lipinski definition) is 2. The number of hydrogen-bond donors (Lipinski definition) is 1. The molecular formula is C21H24F3NO. The van der Waals surface area contributed by atoms with Gasteiger partial charge in [0.15, 0.2) is 0 Å². The molecule has 140 valence electrons. The van der Waals surface area contributed by atoms with Crippen molar-refractivity contribution in [2.45, 2.75) is 37.9 Å². The summed E-state index contributed by atoms with van der Waals surface area (Å²) in [5.41, 5.74) is 3.69. The van der Waals surface area contributed by atoms with Gasteiger partial charge in [0.1, 0.15) is 0 Å². The number of aryl methyl sites for hydroxylation is 1. The van der Waals surface area contributed by atoms with Crippen molar-refractivity contribution in [3.8, 4) is 11.1 Å². The van der Waals surface area contributed by atoms with E-state index in [2.05, 4.69) is 24.1 Å². The second-order valence-corrected chi connectivity index (χ2v) is 6.95. The maximum Gasteiger partial charge on any atom is 0.416 e. The number of fused-ring (bicyclic) bond motifs is 1. The lowest BCUT2D eigenvalue weighted by molar-refractivity contribution is -0.137. The van der Waals surface area contributed by atoms with Crippen molar-refractivity contribution in [1.29, 1.82) is 0 Å². The molecule has 2 aromatic rings. The number of rotatable bonds is 5. The summed E-state index contributed by atoms with van der Waals surface area (Å²) in [7, 11) is 2.07. The fourth-order valence-electron chi connectivity index (χ4n) is 3.74. The Kier molecular flexibility index (Phi) is 5.68. The Morgan fingerprint density at radius 2 is 1.77 bits per heavy atom. The molecule has 1 aliphatic rings. The van der Waals surface area contributed by atoms with Crippen LogP contribution in [0.15, 0.2) is 42.5 Å². The van der Waals surface area contributed by atoms with Crippen molar-refractivity contribution in [3.05, 3.63) is 59.2 Å². The van der Waals surface area contributed by atoms with Gasteiger partial charge in [-0.1, -0.05) is 24.3 Å². The van der Waals surface area contributed by atoms with Gasteiger partial charge in [0.2, 0.25) is 0 Å². The molecule has 0 radical (unpaired) electrons. The van der Waals surface area contributed by atoms with Crippen LogP contribution < -0.4 is 0 Å². The van der Waals surface area contributed by atoms with Crippen LogP contribution in [0.5, 0.6) is 0 Å². The van der Waals surface area contributed by atoms with E-state index in [9.17, 15) is 13.2 Å². The Morgan fingerprint density at radius 3 is 2.42 bits per heavy atom. The van der Waals surface area contributed by atoms with Crippen molar-refractivity contribution in [2.24, 2.45) is 0 Å². The first-order chi connectivity index (χ1) is 12.4. The van der Waals surface area contributed by atoms with Gasteiger partial charge in [-0.2, -0.15) is 13.2 Å². The van der Waals surface area contributed by atoms with Gasteiger partial charge in [0, 0.05) is 19.2 Å².